The van der Waals surface area contributed by atoms with Gasteiger partial charge < -0.3 is 5.32 Å². The fraction of sp³-hybridized carbons (Fsp3) is 0.625. The Bertz CT molecular complexity index is 319. The van der Waals surface area contributed by atoms with E-state index in [0.717, 1.165) is 12.3 Å². The van der Waals surface area contributed by atoms with E-state index in [1.807, 2.05) is 0 Å². The molecule has 0 aliphatic carbocycles. The lowest BCUT2D eigenvalue weighted by Gasteiger charge is -2.23. The van der Waals surface area contributed by atoms with Gasteiger partial charge in [0.15, 0.2) is 0 Å². The zero-order valence-corrected chi connectivity index (χ0v) is 11.8. The maximum absolute atomic E-state index is 3.48. The van der Waals surface area contributed by atoms with Crippen molar-refractivity contribution in [1.82, 2.24) is 5.32 Å². The molecule has 0 aliphatic heterocycles. The standard InChI is InChI=1S/C16H27N/c1-5-9-13(3)12-16(17-4)15-11-8-7-10-14(15)6-2/h7-8,10-11,13,16-17H,5-6,9,12H2,1-4H3. The highest BCUT2D eigenvalue weighted by atomic mass is 14.9. The monoisotopic (exact) mass is 233 g/mol. The molecule has 2 atom stereocenters. The summed E-state index contributed by atoms with van der Waals surface area (Å²) in [6, 6.07) is 9.34. The van der Waals surface area contributed by atoms with Gasteiger partial charge in [-0.3, -0.25) is 0 Å². The van der Waals surface area contributed by atoms with Crippen LogP contribution in [-0.2, 0) is 6.42 Å². The second kappa shape index (κ2) is 7.50. The Balaban J connectivity index is 2.78. The number of benzene rings is 1. The molecule has 17 heavy (non-hydrogen) atoms. The van der Waals surface area contributed by atoms with Crippen LogP contribution in [0.4, 0.5) is 0 Å². The van der Waals surface area contributed by atoms with Gasteiger partial charge in [0.1, 0.15) is 0 Å². The lowest BCUT2D eigenvalue weighted by molar-refractivity contribution is 0.405. The molecule has 1 aromatic rings. The van der Waals surface area contributed by atoms with E-state index in [-0.39, 0.29) is 0 Å². The second-order valence-corrected chi connectivity index (χ2v) is 5.02. The fourth-order valence-electron chi connectivity index (χ4n) is 2.61. The van der Waals surface area contributed by atoms with Crippen LogP contribution >= 0.6 is 0 Å². The summed E-state index contributed by atoms with van der Waals surface area (Å²) in [5.74, 6) is 0.794. The summed E-state index contributed by atoms with van der Waals surface area (Å²) < 4.78 is 0. The quantitative estimate of drug-likeness (QED) is 0.739. The van der Waals surface area contributed by atoms with Crippen molar-refractivity contribution in [1.29, 1.82) is 0 Å². The van der Waals surface area contributed by atoms with Crippen molar-refractivity contribution in [3.05, 3.63) is 35.4 Å². The summed E-state index contributed by atoms with van der Waals surface area (Å²) in [6.45, 7) is 6.87. The Kier molecular flexibility index (Phi) is 6.28. The predicted octanol–water partition coefficient (Wildman–Crippen LogP) is 4.34. The van der Waals surface area contributed by atoms with Gasteiger partial charge in [-0.2, -0.15) is 0 Å². The van der Waals surface area contributed by atoms with Gasteiger partial charge in [-0.05, 0) is 36.9 Å². The Labute approximate surface area is 107 Å². The molecular formula is C16H27N. The first-order valence-corrected chi connectivity index (χ1v) is 6.97. The van der Waals surface area contributed by atoms with Crippen molar-refractivity contribution in [2.75, 3.05) is 7.05 Å². The Morgan fingerprint density at radius 1 is 1.18 bits per heavy atom. The summed E-state index contributed by atoms with van der Waals surface area (Å²) in [6.07, 6.45) is 4.97. The van der Waals surface area contributed by atoms with Gasteiger partial charge in [0.05, 0.1) is 0 Å². The van der Waals surface area contributed by atoms with Crippen LogP contribution in [0.1, 0.15) is 57.2 Å². The van der Waals surface area contributed by atoms with E-state index < -0.39 is 0 Å². The Morgan fingerprint density at radius 2 is 1.88 bits per heavy atom. The molecule has 1 rings (SSSR count). The summed E-state index contributed by atoms with van der Waals surface area (Å²) in [4.78, 5) is 0. The van der Waals surface area contributed by atoms with Crippen molar-refractivity contribution in [2.45, 2.75) is 52.5 Å². The van der Waals surface area contributed by atoms with Crippen LogP contribution in [0.3, 0.4) is 0 Å². The number of hydrogen-bond donors (Lipinski definition) is 1. The van der Waals surface area contributed by atoms with Crippen LogP contribution < -0.4 is 5.32 Å². The third-order valence-corrected chi connectivity index (χ3v) is 3.58. The molecule has 0 amide bonds. The minimum atomic E-state index is 0.507. The molecule has 0 radical (unpaired) electrons. The van der Waals surface area contributed by atoms with E-state index in [4.69, 9.17) is 0 Å². The fourth-order valence-corrected chi connectivity index (χ4v) is 2.61. The van der Waals surface area contributed by atoms with Crippen molar-refractivity contribution in [3.63, 3.8) is 0 Å². The molecular weight excluding hydrogens is 206 g/mol. The molecule has 0 fully saturated rings. The molecule has 0 saturated carbocycles. The lowest BCUT2D eigenvalue weighted by Crippen LogP contribution is -2.20. The van der Waals surface area contributed by atoms with Gasteiger partial charge in [-0.15, -0.1) is 0 Å². The SMILES string of the molecule is CCCC(C)CC(NC)c1ccccc1CC. The first kappa shape index (κ1) is 14.2. The highest BCUT2D eigenvalue weighted by molar-refractivity contribution is 5.30. The first-order chi connectivity index (χ1) is 8.22. The normalized spacial score (nSPS) is 14.6. The zero-order valence-electron chi connectivity index (χ0n) is 11.8. The molecule has 0 aromatic heterocycles. The minimum absolute atomic E-state index is 0.507. The highest BCUT2D eigenvalue weighted by Crippen LogP contribution is 2.26. The third kappa shape index (κ3) is 4.16. The predicted molar refractivity (Wildman–Crippen MR) is 76.3 cm³/mol. The molecule has 1 nitrogen and oxygen atoms in total. The summed E-state index contributed by atoms with van der Waals surface area (Å²) in [5, 5.41) is 3.48. The molecule has 1 N–H and O–H groups in total. The van der Waals surface area contributed by atoms with Crippen LogP contribution in [0.5, 0.6) is 0 Å². The molecule has 0 heterocycles. The van der Waals surface area contributed by atoms with E-state index in [1.54, 1.807) is 0 Å². The van der Waals surface area contributed by atoms with Crippen molar-refractivity contribution in [2.24, 2.45) is 5.92 Å². The van der Waals surface area contributed by atoms with Gasteiger partial charge in [-0.25, -0.2) is 0 Å². The summed E-state index contributed by atoms with van der Waals surface area (Å²) in [5.41, 5.74) is 2.97. The van der Waals surface area contributed by atoms with Crippen LogP contribution in [0, 0.1) is 5.92 Å². The zero-order chi connectivity index (χ0) is 12.7. The number of nitrogens with one attached hydrogen (secondary N) is 1. The van der Waals surface area contributed by atoms with E-state index in [0.29, 0.717) is 6.04 Å². The van der Waals surface area contributed by atoms with Crippen LogP contribution in [0.2, 0.25) is 0 Å². The van der Waals surface area contributed by atoms with Gasteiger partial charge in [0.25, 0.3) is 0 Å². The summed E-state index contributed by atoms with van der Waals surface area (Å²) in [7, 11) is 2.08. The average Bonchev–Trinajstić information content (AvgIpc) is 2.36. The molecule has 0 aliphatic rings. The Hall–Kier alpha value is -0.820. The van der Waals surface area contributed by atoms with Crippen molar-refractivity contribution >= 4 is 0 Å². The van der Waals surface area contributed by atoms with E-state index >= 15 is 0 Å². The third-order valence-electron chi connectivity index (χ3n) is 3.58. The molecule has 0 bridgehead atoms. The van der Waals surface area contributed by atoms with Gasteiger partial charge >= 0.3 is 0 Å². The molecule has 1 heteroatoms. The lowest BCUT2D eigenvalue weighted by atomic mass is 9.90. The minimum Gasteiger partial charge on any atom is -0.313 e. The molecule has 0 spiro atoms. The first-order valence-electron chi connectivity index (χ1n) is 6.97. The molecule has 2 unspecified atom stereocenters. The maximum Gasteiger partial charge on any atom is 0.0322 e. The number of aryl methyl sites for hydroxylation is 1. The van der Waals surface area contributed by atoms with Crippen LogP contribution in [0.15, 0.2) is 24.3 Å². The van der Waals surface area contributed by atoms with E-state index in [2.05, 4.69) is 57.4 Å². The van der Waals surface area contributed by atoms with E-state index in [1.165, 1.54) is 30.4 Å². The van der Waals surface area contributed by atoms with Crippen LogP contribution in [0.25, 0.3) is 0 Å². The molecule has 96 valence electrons. The van der Waals surface area contributed by atoms with Crippen molar-refractivity contribution in [3.8, 4) is 0 Å². The number of hydrogen-bond acceptors (Lipinski definition) is 1. The molecule has 0 saturated heterocycles. The number of rotatable bonds is 7. The van der Waals surface area contributed by atoms with Gasteiger partial charge in [0.2, 0.25) is 0 Å². The largest absolute Gasteiger partial charge is 0.313 e. The van der Waals surface area contributed by atoms with Crippen LogP contribution in [-0.4, -0.2) is 7.05 Å². The summed E-state index contributed by atoms with van der Waals surface area (Å²) >= 11 is 0. The van der Waals surface area contributed by atoms with Gasteiger partial charge in [-0.1, -0.05) is 57.9 Å². The topological polar surface area (TPSA) is 12.0 Å². The Morgan fingerprint density at radius 3 is 2.47 bits per heavy atom. The maximum atomic E-state index is 3.48. The van der Waals surface area contributed by atoms with Crippen molar-refractivity contribution < 1.29 is 0 Å². The highest BCUT2D eigenvalue weighted by Gasteiger charge is 2.15. The second-order valence-electron chi connectivity index (χ2n) is 5.02. The average molecular weight is 233 g/mol. The van der Waals surface area contributed by atoms with Gasteiger partial charge in [0, 0.05) is 6.04 Å². The van der Waals surface area contributed by atoms with E-state index in [9.17, 15) is 0 Å². The smallest absolute Gasteiger partial charge is 0.0322 e. The molecule has 1 aromatic carbocycles.